The van der Waals surface area contributed by atoms with Crippen molar-refractivity contribution in [2.45, 2.75) is 6.42 Å². The number of carboxylic acid groups (broad SMARTS) is 1. The van der Waals surface area contributed by atoms with Crippen LogP contribution in [0.1, 0.15) is 5.56 Å². The molecule has 0 aromatic heterocycles. The molecule has 1 heterocycles. The second kappa shape index (κ2) is 4.03. The first-order valence-corrected chi connectivity index (χ1v) is 7.03. The van der Waals surface area contributed by atoms with Crippen LogP contribution in [0.2, 0.25) is 0 Å². The molecule has 0 saturated heterocycles. The molecule has 0 amide bonds. The molecule has 0 bridgehead atoms. The van der Waals surface area contributed by atoms with E-state index in [0.29, 0.717) is 12.1 Å². The van der Waals surface area contributed by atoms with E-state index < -0.39 is 21.9 Å². The van der Waals surface area contributed by atoms with Crippen molar-refractivity contribution in [3.05, 3.63) is 29.8 Å². The van der Waals surface area contributed by atoms with Gasteiger partial charge in [-0.15, -0.1) is 0 Å². The monoisotopic (exact) mass is 255 g/mol. The second-order valence-corrected chi connectivity index (χ2v) is 6.07. The molecule has 5 nitrogen and oxygen atoms in total. The molecule has 1 aromatic carbocycles. The van der Waals surface area contributed by atoms with Crippen LogP contribution < -0.4 is 4.31 Å². The Morgan fingerprint density at radius 1 is 1.41 bits per heavy atom. The molecule has 92 valence electrons. The summed E-state index contributed by atoms with van der Waals surface area (Å²) in [6.07, 6.45) is 1.46. The summed E-state index contributed by atoms with van der Waals surface area (Å²) in [5.74, 6) is -1.65. The van der Waals surface area contributed by atoms with Crippen molar-refractivity contribution in [3.8, 4) is 0 Å². The molecule has 0 fully saturated rings. The number of aliphatic carboxylic acids is 1. The van der Waals surface area contributed by atoms with E-state index in [1.165, 1.54) is 4.31 Å². The van der Waals surface area contributed by atoms with E-state index in [9.17, 15) is 13.2 Å². The molecule has 6 heteroatoms. The highest BCUT2D eigenvalue weighted by atomic mass is 32.2. The van der Waals surface area contributed by atoms with Crippen LogP contribution in [0, 0.1) is 5.92 Å². The number of carbonyl (C=O) groups is 1. The minimum absolute atomic E-state index is 0.00514. The van der Waals surface area contributed by atoms with Gasteiger partial charge in [0.2, 0.25) is 10.0 Å². The molecule has 0 spiro atoms. The zero-order valence-corrected chi connectivity index (χ0v) is 10.1. The quantitative estimate of drug-likeness (QED) is 0.844. The van der Waals surface area contributed by atoms with Crippen molar-refractivity contribution in [1.82, 2.24) is 0 Å². The van der Waals surface area contributed by atoms with Crippen molar-refractivity contribution in [1.29, 1.82) is 0 Å². The summed E-state index contributed by atoms with van der Waals surface area (Å²) < 4.78 is 24.5. The average molecular weight is 255 g/mol. The van der Waals surface area contributed by atoms with Crippen molar-refractivity contribution < 1.29 is 18.3 Å². The van der Waals surface area contributed by atoms with Gasteiger partial charge in [-0.2, -0.15) is 0 Å². The van der Waals surface area contributed by atoms with E-state index >= 15 is 0 Å². The van der Waals surface area contributed by atoms with Gasteiger partial charge in [0.15, 0.2) is 0 Å². The summed E-state index contributed by atoms with van der Waals surface area (Å²) >= 11 is 0. The van der Waals surface area contributed by atoms with Gasteiger partial charge in [-0.05, 0) is 18.1 Å². The van der Waals surface area contributed by atoms with Crippen LogP contribution in [-0.2, 0) is 21.2 Å². The van der Waals surface area contributed by atoms with E-state index in [1.54, 1.807) is 24.3 Å². The van der Waals surface area contributed by atoms with Gasteiger partial charge in [0.1, 0.15) is 0 Å². The molecule has 17 heavy (non-hydrogen) atoms. The number of anilines is 1. The summed E-state index contributed by atoms with van der Waals surface area (Å²) in [6, 6.07) is 7.00. The highest BCUT2D eigenvalue weighted by molar-refractivity contribution is 7.92. The standard InChI is InChI=1S/C11H13NO4S/c1-17(15,16)12-7-9(11(13)14)6-8-4-2-3-5-10(8)12/h2-5,9H,6-7H2,1H3,(H,13,14)/t9-/m1/s1. The number of rotatable bonds is 2. The first-order valence-electron chi connectivity index (χ1n) is 5.18. The molecule has 1 aliphatic rings. The maximum absolute atomic E-state index is 11.7. The Kier molecular flexibility index (Phi) is 2.82. The molecule has 2 rings (SSSR count). The van der Waals surface area contributed by atoms with Crippen LogP contribution in [0.4, 0.5) is 5.69 Å². The normalized spacial score (nSPS) is 19.8. The fourth-order valence-corrected chi connectivity index (χ4v) is 3.02. The van der Waals surface area contributed by atoms with Crippen LogP contribution in [0.3, 0.4) is 0 Å². The number of benzene rings is 1. The van der Waals surface area contributed by atoms with Crippen LogP contribution in [0.15, 0.2) is 24.3 Å². The Balaban J connectivity index is 2.50. The lowest BCUT2D eigenvalue weighted by atomic mass is 9.94. The molecule has 1 aliphatic heterocycles. The van der Waals surface area contributed by atoms with Gasteiger partial charge in [0, 0.05) is 6.54 Å². The molecule has 0 unspecified atom stereocenters. The predicted octanol–water partition coefficient (Wildman–Crippen LogP) is 0.710. The van der Waals surface area contributed by atoms with Crippen LogP contribution in [-0.4, -0.2) is 32.3 Å². The molecule has 1 N–H and O–H groups in total. The maximum Gasteiger partial charge on any atom is 0.308 e. The summed E-state index contributed by atoms with van der Waals surface area (Å²) in [6.45, 7) is 0.00514. The fraction of sp³-hybridized carbons (Fsp3) is 0.364. The Labute approximate surface area is 99.7 Å². The third-order valence-corrected chi connectivity index (χ3v) is 4.01. The highest BCUT2D eigenvalue weighted by Gasteiger charge is 2.32. The lowest BCUT2D eigenvalue weighted by Gasteiger charge is -2.32. The SMILES string of the molecule is CS(=O)(=O)N1C[C@H](C(=O)O)Cc2ccccc21. The first-order chi connectivity index (χ1) is 7.89. The van der Waals surface area contributed by atoms with Crippen LogP contribution in [0.5, 0.6) is 0 Å². The molecule has 0 radical (unpaired) electrons. The summed E-state index contributed by atoms with van der Waals surface area (Å²) in [5.41, 5.74) is 1.35. The van der Waals surface area contributed by atoms with Gasteiger partial charge in [-0.25, -0.2) is 8.42 Å². The fourth-order valence-electron chi connectivity index (χ4n) is 2.03. The van der Waals surface area contributed by atoms with E-state index in [0.717, 1.165) is 11.8 Å². The van der Waals surface area contributed by atoms with Gasteiger partial charge in [0.25, 0.3) is 0 Å². The van der Waals surface area contributed by atoms with Crippen LogP contribution >= 0.6 is 0 Å². The molecule has 1 aromatic rings. The Morgan fingerprint density at radius 3 is 2.65 bits per heavy atom. The topological polar surface area (TPSA) is 74.7 Å². The molecule has 1 atom stereocenters. The third kappa shape index (κ3) is 2.26. The zero-order valence-electron chi connectivity index (χ0n) is 9.33. The largest absolute Gasteiger partial charge is 0.481 e. The number of sulfonamides is 1. The van der Waals surface area contributed by atoms with Crippen molar-refractivity contribution >= 4 is 21.7 Å². The average Bonchev–Trinajstić information content (AvgIpc) is 2.26. The third-order valence-electron chi connectivity index (χ3n) is 2.86. The first kappa shape index (κ1) is 11.9. The minimum Gasteiger partial charge on any atom is -0.481 e. The van der Waals surface area contributed by atoms with Gasteiger partial charge in [0.05, 0.1) is 17.9 Å². The van der Waals surface area contributed by atoms with Crippen molar-refractivity contribution in [3.63, 3.8) is 0 Å². The van der Waals surface area contributed by atoms with Gasteiger partial charge >= 0.3 is 5.97 Å². The molecule has 0 aliphatic carbocycles. The van der Waals surface area contributed by atoms with E-state index in [2.05, 4.69) is 0 Å². The molecule has 0 saturated carbocycles. The maximum atomic E-state index is 11.7. The lowest BCUT2D eigenvalue weighted by Crippen LogP contribution is -2.42. The zero-order chi connectivity index (χ0) is 12.6. The van der Waals surface area contributed by atoms with Crippen molar-refractivity contribution in [2.24, 2.45) is 5.92 Å². The number of hydrogen-bond donors (Lipinski definition) is 1. The Hall–Kier alpha value is -1.56. The Bertz CT molecular complexity index is 552. The minimum atomic E-state index is -3.44. The van der Waals surface area contributed by atoms with Gasteiger partial charge < -0.3 is 5.11 Å². The second-order valence-electron chi connectivity index (χ2n) is 4.16. The number of nitrogens with zero attached hydrogens (tertiary/aromatic N) is 1. The van der Waals surface area contributed by atoms with Crippen molar-refractivity contribution in [2.75, 3.05) is 17.1 Å². The number of hydrogen-bond acceptors (Lipinski definition) is 3. The summed E-state index contributed by atoms with van der Waals surface area (Å²) in [4.78, 5) is 11.0. The summed E-state index contributed by atoms with van der Waals surface area (Å²) in [5, 5.41) is 9.03. The molecular weight excluding hydrogens is 242 g/mol. The van der Waals surface area contributed by atoms with E-state index in [-0.39, 0.29) is 6.54 Å². The van der Waals surface area contributed by atoms with E-state index in [4.69, 9.17) is 5.11 Å². The van der Waals surface area contributed by atoms with E-state index in [1.807, 2.05) is 0 Å². The number of para-hydroxylation sites is 1. The number of fused-ring (bicyclic) bond motifs is 1. The summed E-state index contributed by atoms with van der Waals surface area (Å²) in [7, 11) is -3.44. The van der Waals surface area contributed by atoms with Crippen LogP contribution in [0.25, 0.3) is 0 Å². The smallest absolute Gasteiger partial charge is 0.308 e. The molecular formula is C11H13NO4S. The number of carboxylic acids is 1. The predicted molar refractivity (Wildman–Crippen MR) is 63.5 cm³/mol. The highest BCUT2D eigenvalue weighted by Crippen LogP contribution is 2.31. The lowest BCUT2D eigenvalue weighted by molar-refractivity contribution is -0.141. The van der Waals surface area contributed by atoms with Gasteiger partial charge in [-0.1, -0.05) is 18.2 Å². The van der Waals surface area contributed by atoms with Gasteiger partial charge in [-0.3, -0.25) is 9.10 Å². The Morgan fingerprint density at radius 2 is 2.06 bits per heavy atom.